The van der Waals surface area contributed by atoms with Gasteiger partial charge in [0.2, 0.25) is 11.8 Å². The first-order chi connectivity index (χ1) is 24.1. The Bertz CT molecular complexity index is 1560. The van der Waals surface area contributed by atoms with Gasteiger partial charge in [0.05, 0.1) is 6.42 Å². The Hall–Kier alpha value is -4.95. The van der Waals surface area contributed by atoms with Crippen molar-refractivity contribution in [1.29, 1.82) is 0 Å². The third-order valence-electron chi connectivity index (χ3n) is 9.15. The van der Waals surface area contributed by atoms with Crippen LogP contribution in [0.25, 0.3) is 0 Å². The van der Waals surface area contributed by atoms with E-state index in [0.717, 1.165) is 55.6 Å². The summed E-state index contributed by atoms with van der Waals surface area (Å²) in [6.07, 6.45) is 1.92. The van der Waals surface area contributed by atoms with E-state index in [2.05, 4.69) is 45.1 Å². The van der Waals surface area contributed by atoms with Gasteiger partial charge in [-0.15, -0.1) is 0 Å². The topological polar surface area (TPSA) is 99.8 Å². The van der Waals surface area contributed by atoms with Gasteiger partial charge in [0.15, 0.2) is 0 Å². The number of likely N-dealkylation sites (tertiary alicyclic amines) is 1. The van der Waals surface area contributed by atoms with E-state index in [1.165, 1.54) is 5.56 Å². The number of carbonyl (C=O) groups is 3. The maximum atomic E-state index is 14.2. The van der Waals surface area contributed by atoms with Gasteiger partial charge in [-0.05, 0) is 81.3 Å². The van der Waals surface area contributed by atoms with Gasteiger partial charge in [-0.25, -0.2) is 4.79 Å². The van der Waals surface area contributed by atoms with Crippen LogP contribution in [0.2, 0.25) is 0 Å². The molecule has 8 nitrogen and oxygen atoms in total. The molecule has 4 aromatic rings. The molecule has 50 heavy (non-hydrogen) atoms. The van der Waals surface area contributed by atoms with Crippen molar-refractivity contribution < 1.29 is 19.1 Å². The molecule has 3 amide bonds. The lowest BCUT2D eigenvalue weighted by molar-refractivity contribution is -0.129. The number of nitrogens with zero attached hydrogens (tertiary/aromatic N) is 1. The number of carbonyl (C=O) groups excluding carboxylic acids is 3. The number of ether oxygens (including phenoxy) is 1. The first kappa shape index (κ1) is 36.3. The quantitative estimate of drug-likeness (QED) is 0.136. The van der Waals surface area contributed by atoms with Crippen molar-refractivity contribution in [3.8, 4) is 0 Å². The Morgan fingerprint density at radius 3 is 1.70 bits per heavy atom. The summed E-state index contributed by atoms with van der Waals surface area (Å²) in [5, 5.41) is 9.00. The molecule has 262 valence electrons. The predicted molar refractivity (Wildman–Crippen MR) is 197 cm³/mol. The van der Waals surface area contributed by atoms with Crippen LogP contribution in [-0.2, 0) is 26.4 Å². The summed E-state index contributed by atoms with van der Waals surface area (Å²) in [6, 6.07) is 38.7. The highest BCUT2D eigenvalue weighted by atomic mass is 16.6. The van der Waals surface area contributed by atoms with E-state index in [-0.39, 0.29) is 6.42 Å². The van der Waals surface area contributed by atoms with E-state index in [9.17, 15) is 14.4 Å². The fourth-order valence-corrected chi connectivity index (χ4v) is 6.68. The van der Waals surface area contributed by atoms with Crippen LogP contribution in [0.15, 0.2) is 121 Å². The van der Waals surface area contributed by atoms with Gasteiger partial charge in [-0.3, -0.25) is 14.5 Å². The summed E-state index contributed by atoms with van der Waals surface area (Å²) in [5.41, 5.74) is 2.08. The Morgan fingerprint density at radius 1 is 0.740 bits per heavy atom. The van der Waals surface area contributed by atoms with Gasteiger partial charge in [0, 0.05) is 13.1 Å². The van der Waals surface area contributed by atoms with E-state index < -0.39 is 35.1 Å². The number of amides is 3. The number of hydrogen-bond donors (Lipinski definition) is 3. The first-order valence-corrected chi connectivity index (χ1v) is 17.6. The molecule has 8 heteroatoms. The van der Waals surface area contributed by atoms with Crippen molar-refractivity contribution in [2.24, 2.45) is 5.92 Å². The zero-order valence-electron chi connectivity index (χ0n) is 29.4. The van der Waals surface area contributed by atoms with Crippen molar-refractivity contribution in [1.82, 2.24) is 20.9 Å². The number of benzene rings is 4. The average Bonchev–Trinajstić information content (AvgIpc) is 3.12. The molecule has 4 aromatic carbocycles. The van der Waals surface area contributed by atoms with Crippen molar-refractivity contribution in [2.45, 2.75) is 70.2 Å². The monoisotopic (exact) mass is 674 g/mol. The molecular formula is C42H50N4O4. The zero-order valence-corrected chi connectivity index (χ0v) is 29.4. The van der Waals surface area contributed by atoms with Crippen LogP contribution in [0.1, 0.15) is 68.7 Å². The molecule has 1 atom stereocenters. The van der Waals surface area contributed by atoms with Gasteiger partial charge >= 0.3 is 6.09 Å². The smallest absolute Gasteiger partial charge is 0.408 e. The standard InChI is InChI=1S/C42H50N4O4/c1-41(2,3)50-40(49)44-37(39(48)43-27-24-32-25-28-46(29-26-32)31-33-16-8-4-9-17-33)30-38(47)45-42(34-18-10-5-11-19-34,35-20-12-6-13-21-35)36-22-14-7-15-23-36/h4-23,32,37H,24-31H2,1-3H3,(H,43,48)(H,44,49)(H,45,47). The SMILES string of the molecule is CC(C)(C)OC(=O)NC(CC(=O)NC(c1ccccc1)(c1ccccc1)c1ccccc1)C(=O)NCCC1CCN(Cc2ccccc2)CC1. The second kappa shape index (κ2) is 17.1. The molecule has 1 saturated heterocycles. The van der Waals surface area contributed by atoms with E-state index >= 15 is 0 Å². The molecule has 0 bridgehead atoms. The number of piperidine rings is 1. The molecule has 5 rings (SSSR count). The summed E-state index contributed by atoms with van der Waals surface area (Å²) in [7, 11) is 0. The lowest BCUT2D eigenvalue weighted by Crippen LogP contribution is -2.53. The molecule has 1 fully saturated rings. The number of rotatable bonds is 13. The Labute approximate surface area is 296 Å². The summed E-state index contributed by atoms with van der Waals surface area (Å²) in [4.78, 5) is 43.3. The minimum atomic E-state index is -1.14. The number of hydrogen-bond acceptors (Lipinski definition) is 5. The molecule has 1 aliphatic rings. The molecule has 0 saturated carbocycles. The summed E-state index contributed by atoms with van der Waals surface area (Å²) in [5.74, 6) is -0.327. The predicted octanol–water partition coefficient (Wildman–Crippen LogP) is 6.80. The van der Waals surface area contributed by atoms with Crippen LogP contribution in [0.4, 0.5) is 4.79 Å². The molecule has 0 aliphatic carbocycles. The van der Waals surface area contributed by atoms with Crippen molar-refractivity contribution in [3.63, 3.8) is 0 Å². The first-order valence-electron chi connectivity index (χ1n) is 17.6. The average molecular weight is 675 g/mol. The molecule has 3 N–H and O–H groups in total. The maximum Gasteiger partial charge on any atom is 0.408 e. The van der Waals surface area contributed by atoms with E-state index in [4.69, 9.17) is 4.74 Å². The minimum Gasteiger partial charge on any atom is -0.444 e. The molecule has 0 spiro atoms. The third kappa shape index (κ3) is 10.0. The highest BCUT2D eigenvalue weighted by Crippen LogP contribution is 2.37. The third-order valence-corrected chi connectivity index (χ3v) is 9.15. The van der Waals surface area contributed by atoms with Crippen LogP contribution < -0.4 is 16.0 Å². The van der Waals surface area contributed by atoms with Gasteiger partial charge in [-0.1, -0.05) is 121 Å². The lowest BCUT2D eigenvalue weighted by atomic mass is 9.77. The summed E-state index contributed by atoms with van der Waals surface area (Å²) < 4.78 is 5.49. The fourth-order valence-electron chi connectivity index (χ4n) is 6.68. The molecule has 0 aromatic heterocycles. The fraction of sp³-hybridized carbons (Fsp3) is 0.357. The zero-order chi connectivity index (χ0) is 35.4. The number of alkyl carbamates (subject to hydrolysis) is 1. The molecule has 1 unspecified atom stereocenters. The van der Waals surface area contributed by atoms with Crippen molar-refractivity contribution in [2.75, 3.05) is 19.6 Å². The number of nitrogens with one attached hydrogen (secondary N) is 3. The van der Waals surface area contributed by atoms with Crippen LogP contribution in [-0.4, -0.2) is 54.1 Å². The molecular weight excluding hydrogens is 624 g/mol. The van der Waals surface area contributed by atoms with Gasteiger partial charge in [0.25, 0.3) is 0 Å². The van der Waals surface area contributed by atoms with Crippen LogP contribution >= 0.6 is 0 Å². The van der Waals surface area contributed by atoms with Gasteiger partial charge in [0.1, 0.15) is 17.2 Å². The van der Waals surface area contributed by atoms with Crippen LogP contribution in [0.3, 0.4) is 0 Å². The van der Waals surface area contributed by atoms with E-state index in [1.54, 1.807) is 20.8 Å². The molecule has 0 radical (unpaired) electrons. The minimum absolute atomic E-state index is 0.281. The van der Waals surface area contributed by atoms with E-state index in [0.29, 0.717) is 12.5 Å². The Kier molecular flexibility index (Phi) is 12.4. The van der Waals surface area contributed by atoms with Crippen molar-refractivity contribution in [3.05, 3.63) is 144 Å². The van der Waals surface area contributed by atoms with Crippen LogP contribution in [0.5, 0.6) is 0 Å². The van der Waals surface area contributed by atoms with Gasteiger partial charge in [-0.2, -0.15) is 0 Å². The summed E-state index contributed by atoms with van der Waals surface area (Å²) in [6.45, 7) is 8.71. The normalized spacial score (nSPS) is 14.7. The Balaban J connectivity index is 1.28. The Morgan fingerprint density at radius 2 is 1.22 bits per heavy atom. The highest BCUT2D eigenvalue weighted by molar-refractivity contribution is 5.91. The molecule has 1 aliphatic heterocycles. The maximum absolute atomic E-state index is 14.2. The second-order valence-corrected chi connectivity index (χ2v) is 14.1. The van der Waals surface area contributed by atoms with Crippen molar-refractivity contribution >= 4 is 17.9 Å². The second-order valence-electron chi connectivity index (χ2n) is 14.1. The summed E-state index contributed by atoms with van der Waals surface area (Å²) >= 11 is 0. The lowest BCUT2D eigenvalue weighted by Gasteiger charge is -2.37. The molecule has 1 heterocycles. The highest BCUT2D eigenvalue weighted by Gasteiger charge is 2.39. The van der Waals surface area contributed by atoms with Crippen LogP contribution in [0, 0.1) is 5.92 Å². The van der Waals surface area contributed by atoms with Gasteiger partial charge < -0.3 is 20.7 Å². The largest absolute Gasteiger partial charge is 0.444 e. The van der Waals surface area contributed by atoms with E-state index in [1.807, 2.05) is 97.1 Å².